The molecule has 0 amide bonds. The van der Waals surface area contributed by atoms with Gasteiger partial charge < -0.3 is 9.84 Å². The summed E-state index contributed by atoms with van der Waals surface area (Å²) >= 11 is 0. The van der Waals surface area contributed by atoms with Crippen LogP contribution in [0.1, 0.15) is 32.1 Å². The molecule has 2 saturated carbocycles. The number of carboxylic acids is 1. The molecule has 3 nitrogen and oxygen atoms in total. The molecule has 0 bridgehead atoms. The third-order valence-electron chi connectivity index (χ3n) is 3.75. The molecule has 3 heteroatoms. The Bertz CT molecular complexity index is 216. The van der Waals surface area contributed by atoms with Crippen molar-refractivity contribution in [1.82, 2.24) is 0 Å². The molecule has 0 aromatic carbocycles. The van der Waals surface area contributed by atoms with Crippen molar-refractivity contribution in [1.29, 1.82) is 0 Å². The molecule has 0 radical (unpaired) electrons. The lowest BCUT2D eigenvalue weighted by Gasteiger charge is -2.27. The number of rotatable bonds is 2. The maximum atomic E-state index is 10.8. The fourth-order valence-electron chi connectivity index (χ4n) is 2.65. The van der Waals surface area contributed by atoms with Crippen molar-refractivity contribution in [3.8, 4) is 0 Å². The molecule has 0 heterocycles. The summed E-state index contributed by atoms with van der Waals surface area (Å²) in [6.07, 6.45) is 5.45. The van der Waals surface area contributed by atoms with E-state index in [1.165, 1.54) is 0 Å². The molecule has 1 unspecified atom stereocenters. The fourth-order valence-corrected chi connectivity index (χ4v) is 2.65. The molecule has 2 aliphatic rings. The van der Waals surface area contributed by atoms with Gasteiger partial charge in [-0.25, -0.2) is 0 Å². The Morgan fingerprint density at radius 3 is 2.46 bits per heavy atom. The summed E-state index contributed by atoms with van der Waals surface area (Å²) in [5.74, 6) is -0.652. The van der Waals surface area contributed by atoms with Crippen molar-refractivity contribution < 1.29 is 14.6 Å². The van der Waals surface area contributed by atoms with Gasteiger partial charge in [0.25, 0.3) is 0 Å². The van der Waals surface area contributed by atoms with Gasteiger partial charge >= 0.3 is 5.97 Å². The fraction of sp³-hybridized carbons (Fsp3) is 0.900. The van der Waals surface area contributed by atoms with Crippen LogP contribution in [-0.2, 0) is 9.53 Å². The van der Waals surface area contributed by atoms with Crippen LogP contribution in [0, 0.1) is 11.3 Å². The predicted molar refractivity (Wildman–Crippen MR) is 47.4 cm³/mol. The van der Waals surface area contributed by atoms with E-state index < -0.39 is 5.97 Å². The lowest BCUT2D eigenvalue weighted by molar-refractivity contribution is -0.139. The average Bonchev–Trinajstić information content (AvgIpc) is 2.82. The summed E-state index contributed by atoms with van der Waals surface area (Å²) in [7, 11) is 1.74. The van der Waals surface area contributed by atoms with Crippen LogP contribution in [-0.4, -0.2) is 24.3 Å². The van der Waals surface area contributed by atoms with Crippen LogP contribution in [0.25, 0.3) is 0 Å². The van der Waals surface area contributed by atoms with Gasteiger partial charge in [-0.3, -0.25) is 4.79 Å². The molecular formula is C10H16O3. The highest BCUT2D eigenvalue weighted by atomic mass is 16.5. The number of hydrogen-bond donors (Lipinski definition) is 1. The van der Waals surface area contributed by atoms with Gasteiger partial charge in [-0.05, 0) is 37.5 Å². The van der Waals surface area contributed by atoms with E-state index in [1.807, 2.05) is 0 Å². The van der Waals surface area contributed by atoms with E-state index in [1.54, 1.807) is 7.11 Å². The SMILES string of the molecule is COC1CCC2(CC1)CC2C(=O)O. The molecule has 2 rings (SSSR count). The number of aliphatic carboxylic acids is 1. The van der Waals surface area contributed by atoms with Gasteiger partial charge in [0.15, 0.2) is 0 Å². The molecule has 0 saturated heterocycles. The summed E-state index contributed by atoms with van der Waals surface area (Å²) in [5, 5.41) is 8.86. The van der Waals surface area contributed by atoms with Crippen molar-refractivity contribution in [2.75, 3.05) is 7.11 Å². The zero-order chi connectivity index (χ0) is 9.47. The summed E-state index contributed by atoms with van der Waals surface area (Å²) in [6, 6.07) is 0. The van der Waals surface area contributed by atoms with Crippen molar-refractivity contribution >= 4 is 5.97 Å². The third-order valence-corrected chi connectivity index (χ3v) is 3.75. The lowest BCUT2D eigenvalue weighted by atomic mass is 9.83. The molecular weight excluding hydrogens is 168 g/mol. The average molecular weight is 184 g/mol. The van der Waals surface area contributed by atoms with E-state index in [2.05, 4.69) is 0 Å². The maximum absolute atomic E-state index is 10.8. The van der Waals surface area contributed by atoms with Crippen LogP contribution >= 0.6 is 0 Å². The highest BCUT2D eigenvalue weighted by Gasteiger charge is 2.58. The first-order valence-corrected chi connectivity index (χ1v) is 4.93. The first-order valence-electron chi connectivity index (χ1n) is 4.93. The van der Waals surface area contributed by atoms with Gasteiger partial charge in [0.1, 0.15) is 0 Å². The summed E-state index contributed by atoms with van der Waals surface area (Å²) < 4.78 is 5.26. The topological polar surface area (TPSA) is 46.5 Å². The van der Waals surface area contributed by atoms with Crippen LogP contribution in [0.4, 0.5) is 0 Å². The summed E-state index contributed by atoms with van der Waals surface area (Å²) in [5.41, 5.74) is 0.168. The monoisotopic (exact) mass is 184 g/mol. The van der Waals surface area contributed by atoms with Gasteiger partial charge in [0.05, 0.1) is 12.0 Å². The van der Waals surface area contributed by atoms with Crippen LogP contribution in [0.5, 0.6) is 0 Å². The Kier molecular flexibility index (Phi) is 2.06. The number of ether oxygens (including phenoxy) is 1. The number of hydrogen-bond acceptors (Lipinski definition) is 2. The zero-order valence-electron chi connectivity index (χ0n) is 7.95. The third kappa shape index (κ3) is 1.46. The summed E-state index contributed by atoms with van der Waals surface area (Å²) in [4.78, 5) is 10.8. The van der Waals surface area contributed by atoms with Crippen LogP contribution in [0.2, 0.25) is 0 Å². The highest BCUT2D eigenvalue weighted by molar-refractivity contribution is 5.74. The second kappa shape index (κ2) is 2.98. The molecule has 1 spiro atoms. The largest absolute Gasteiger partial charge is 0.481 e. The van der Waals surface area contributed by atoms with Crippen LogP contribution in [0.3, 0.4) is 0 Å². The Morgan fingerprint density at radius 2 is 2.08 bits per heavy atom. The minimum absolute atomic E-state index is 0.0506. The molecule has 2 aliphatic carbocycles. The van der Waals surface area contributed by atoms with Crippen LogP contribution < -0.4 is 0 Å². The molecule has 1 atom stereocenters. The number of carboxylic acid groups (broad SMARTS) is 1. The van der Waals surface area contributed by atoms with E-state index in [9.17, 15) is 4.79 Å². The van der Waals surface area contributed by atoms with Crippen molar-refractivity contribution in [2.24, 2.45) is 11.3 Å². The number of carbonyl (C=O) groups is 1. The molecule has 1 N–H and O–H groups in total. The zero-order valence-corrected chi connectivity index (χ0v) is 7.95. The Hall–Kier alpha value is -0.570. The smallest absolute Gasteiger partial charge is 0.307 e. The van der Waals surface area contributed by atoms with E-state index in [0.717, 1.165) is 32.1 Å². The minimum atomic E-state index is -0.601. The van der Waals surface area contributed by atoms with Crippen molar-refractivity contribution in [3.63, 3.8) is 0 Å². The van der Waals surface area contributed by atoms with Gasteiger partial charge in [-0.15, -0.1) is 0 Å². The molecule has 74 valence electrons. The number of methoxy groups -OCH3 is 1. The second-order valence-electron chi connectivity index (χ2n) is 4.39. The van der Waals surface area contributed by atoms with Gasteiger partial charge in [-0.1, -0.05) is 0 Å². The standard InChI is InChI=1S/C10H16O3/c1-13-7-2-4-10(5-3-7)6-8(10)9(11)12/h7-8H,2-6H2,1H3,(H,11,12). The summed E-state index contributed by atoms with van der Waals surface area (Å²) in [6.45, 7) is 0. The Balaban J connectivity index is 1.89. The van der Waals surface area contributed by atoms with Gasteiger partial charge in [0, 0.05) is 7.11 Å². The van der Waals surface area contributed by atoms with Crippen molar-refractivity contribution in [3.05, 3.63) is 0 Å². The van der Waals surface area contributed by atoms with Crippen LogP contribution in [0.15, 0.2) is 0 Å². The molecule has 0 aromatic rings. The lowest BCUT2D eigenvalue weighted by Crippen LogP contribution is -2.23. The minimum Gasteiger partial charge on any atom is -0.481 e. The molecule has 13 heavy (non-hydrogen) atoms. The van der Waals surface area contributed by atoms with E-state index in [4.69, 9.17) is 9.84 Å². The molecule has 0 aromatic heterocycles. The van der Waals surface area contributed by atoms with E-state index in [-0.39, 0.29) is 11.3 Å². The van der Waals surface area contributed by atoms with Gasteiger partial charge in [-0.2, -0.15) is 0 Å². The van der Waals surface area contributed by atoms with Crippen molar-refractivity contribution in [2.45, 2.75) is 38.2 Å². The highest BCUT2D eigenvalue weighted by Crippen LogP contribution is 2.61. The first kappa shape index (κ1) is 9.00. The maximum Gasteiger partial charge on any atom is 0.307 e. The molecule has 2 fully saturated rings. The van der Waals surface area contributed by atoms with E-state index >= 15 is 0 Å². The van der Waals surface area contributed by atoms with Gasteiger partial charge in [0.2, 0.25) is 0 Å². The predicted octanol–water partition coefficient (Wildman–Crippen LogP) is 1.67. The van der Waals surface area contributed by atoms with E-state index in [0.29, 0.717) is 6.10 Å². The Labute approximate surface area is 78.1 Å². The first-order chi connectivity index (χ1) is 6.18. The normalized spacial score (nSPS) is 43.5. The molecule has 0 aliphatic heterocycles. The quantitative estimate of drug-likeness (QED) is 0.710. The second-order valence-corrected chi connectivity index (χ2v) is 4.39. The Morgan fingerprint density at radius 1 is 1.46 bits per heavy atom.